The largest absolute Gasteiger partial charge is 0.493 e. The van der Waals surface area contributed by atoms with Gasteiger partial charge in [-0.05, 0) is 48.9 Å². The van der Waals surface area contributed by atoms with Gasteiger partial charge in [-0.3, -0.25) is 4.79 Å². The second-order valence-electron chi connectivity index (χ2n) is 6.47. The van der Waals surface area contributed by atoms with E-state index in [4.69, 9.17) is 21.1 Å². The molecular weight excluding hydrogens is 376 g/mol. The van der Waals surface area contributed by atoms with E-state index in [0.29, 0.717) is 31.2 Å². The molecule has 0 aliphatic carbocycles. The predicted octanol–water partition coefficient (Wildman–Crippen LogP) is 4.11. The quantitative estimate of drug-likeness (QED) is 0.684. The summed E-state index contributed by atoms with van der Waals surface area (Å²) in [6.45, 7) is 5.45. The van der Waals surface area contributed by atoms with Crippen LogP contribution in [0.15, 0.2) is 48.5 Å². The van der Waals surface area contributed by atoms with Crippen molar-refractivity contribution < 1.29 is 14.3 Å². The van der Waals surface area contributed by atoms with E-state index in [9.17, 15) is 4.79 Å². The molecule has 1 saturated heterocycles. The van der Waals surface area contributed by atoms with Crippen LogP contribution in [0.3, 0.4) is 0 Å². The molecule has 0 saturated carbocycles. The number of halogens is 1. The number of carbonyl (C=O) groups is 1. The van der Waals surface area contributed by atoms with Crippen molar-refractivity contribution in [3.63, 3.8) is 0 Å². The molecule has 1 aliphatic heterocycles. The van der Waals surface area contributed by atoms with E-state index < -0.39 is 0 Å². The Kier molecular flexibility index (Phi) is 6.82. The Balaban J connectivity index is 1.58. The third-order valence-electron chi connectivity index (χ3n) is 4.67. The zero-order chi connectivity index (χ0) is 19.9. The van der Waals surface area contributed by atoms with Crippen LogP contribution in [0.4, 0.5) is 5.69 Å². The lowest BCUT2D eigenvalue weighted by Gasteiger charge is -2.35. The Morgan fingerprint density at radius 3 is 2.57 bits per heavy atom. The predicted molar refractivity (Wildman–Crippen MR) is 113 cm³/mol. The topological polar surface area (TPSA) is 42.0 Å². The number of hydrogen-bond acceptors (Lipinski definition) is 4. The van der Waals surface area contributed by atoms with Gasteiger partial charge in [0.1, 0.15) is 0 Å². The van der Waals surface area contributed by atoms with Gasteiger partial charge in [0, 0.05) is 43.0 Å². The zero-order valence-corrected chi connectivity index (χ0v) is 17.0. The summed E-state index contributed by atoms with van der Waals surface area (Å²) < 4.78 is 10.9. The van der Waals surface area contributed by atoms with E-state index in [-0.39, 0.29) is 5.91 Å². The number of benzene rings is 2. The maximum atomic E-state index is 12.5. The summed E-state index contributed by atoms with van der Waals surface area (Å²) >= 11 is 6.07. The van der Waals surface area contributed by atoms with E-state index in [1.54, 1.807) is 13.2 Å². The van der Waals surface area contributed by atoms with Crippen LogP contribution in [-0.2, 0) is 4.79 Å². The van der Waals surface area contributed by atoms with Gasteiger partial charge in [-0.15, -0.1) is 0 Å². The molecule has 0 N–H and O–H groups in total. The van der Waals surface area contributed by atoms with E-state index in [1.807, 2.05) is 60.4 Å². The third kappa shape index (κ3) is 4.98. The van der Waals surface area contributed by atoms with Crippen LogP contribution in [0.1, 0.15) is 12.5 Å². The second kappa shape index (κ2) is 9.51. The fourth-order valence-corrected chi connectivity index (χ4v) is 3.38. The Bertz CT molecular complexity index is 845. The molecule has 148 valence electrons. The highest BCUT2D eigenvalue weighted by atomic mass is 35.5. The van der Waals surface area contributed by atoms with Crippen LogP contribution < -0.4 is 14.4 Å². The Morgan fingerprint density at radius 2 is 1.89 bits per heavy atom. The highest BCUT2D eigenvalue weighted by Crippen LogP contribution is 2.28. The molecule has 1 heterocycles. The minimum atomic E-state index is 0.0126. The number of anilines is 1. The normalized spacial score (nSPS) is 14.4. The first-order valence-electron chi connectivity index (χ1n) is 9.39. The molecule has 0 spiro atoms. The number of methoxy groups -OCH3 is 1. The molecule has 1 amide bonds. The van der Waals surface area contributed by atoms with Gasteiger partial charge in [0.25, 0.3) is 0 Å². The molecule has 3 rings (SSSR count). The average Bonchev–Trinajstić information content (AvgIpc) is 2.73. The van der Waals surface area contributed by atoms with Gasteiger partial charge in [0.05, 0.1) is 13.7 Å². The van der Waals surface area contributed by atoms with E-state index in [2.05, 4.69) is 4.90 Å². The number of amides is 1. The number of rotatable bonds is 6. The van der Waals surface area contributed by atoms with Crippen LogP contribution in [-0.4, -0.2) is 50.7 Å². The Labute approximate surface area is 171 Å². The monoisotopic (exact) mass is 400 g/mol. The van der Waals surface area contributed by atoms with Gasteiger partial charge in [0.2, 0.25) is 5.91 Å². The summed E-state index contributed by atoms with van der Waals surface area (Å²) in [4.78, 5) is 16.6. The summed E-state index contributed by atoms with van der Waals surface area (Å²) in [5, 5.41) is 0.727. The molecule has 0 unspecified atom stereocenters. The standard InChI is InChI=1S/C22H25ClN2O3/c1-3-28-20-9-7-17(15-21(20)27-2)8-10-22(26)25-13-11-24(12-14-25)19-6-4-5-18(23)16-19/h4-10,15-16H,3,11-14H2,1-2H3/b10-8+. The number of hydrogen-bond donors (Lipinski definition) is 0. The molecule has 0 aromatic heterocycles. The fraction of sp³-hybridized carbons (Fsp3) is 0.318. The van der Waals surface area contributed by atoms with Crippen LogP contribution in [0, 0.1) is 0 Å². The molecule has 6 heteroatoms. The smallest absolute Gasteiger partial charge is 0.246 e. The maximum Gasteiger partial charge on any atom is 0.246 e. The number of nitrogens with zero attached hydrogens (tertiary/aromatic N) is 2. The Hall–Kier alpha value is -2.66. The van der Waals surface area contributed by atoms with Gasteiger partial charge in [-0.2, -0.15) is 0 Å². The summed E-state index contributed by atoms with van der Waals surface area (Å²) in [5.41, 5.74) is 1.99. The van der Waals surface area contributed by atoms with Crippen molar-refractivity contribution in [2.45, 2.75) is 6.92 Å². The molecule has 2 aromatic carbocycles. The van der Waals surface area contributed by atoms with Gasteiger partial charge >= 0.3 is 0 Å². The summed E-state index contributed by atoms with van der Waals surface area (Å²) in [7, 11) is 1.61. The van der Waals surface area contributed by atoms with Crippen molar-refractivity contribution in [1.29, 1.82) is 0 Å². The first-order chi connectivity index (χ1) is 13.6. The van der Waals surface area contributed by atoms with Crippen molar-refractivity contribution in [1.82, 2.24) is 4.90 Å². The van der Waals surface area contributed by atoms with Crippen LogP contribution >= 0.6 is 11.6 Å². The summed E-state index contributed by atoms with van der Waals surface area (Å²) in [6, 6.07) is 13.5. The van der Waals surface area contributed by atoms with Gasteiger partial charge in [0.15, 0.2) is 11.5 Å². The molecule has 1 fully saturated rings. The lowest BCUT2D eigenvalue weighted by atomic mass is 10.1. The molecule has 2 aromatic rings. The van der Waals surface area contributed by atoms with Crippen molar-refractivity contribution in [2.75, 3.05) is 44.8 Å². The highest BCUT2D eigenvalue weighted by molar-refractivity contribution is 6.30. The van der Waals surface area contributed by atoms with Crippen molar-refractivity contribution in [2.24, 2.45) is 0 Å². The first-order valence-corrected chi connectivity index (χ1v) is 9.77. The number of piperazine rings is 1. The molecule has 1 aliphatic rings. The minimum absolute atomic E-state index is 0.0126. The van der Waals surface area contributed by atoms with Crippen LogP contribution in [0.5, 0.6) is 11.5 Å². The van der Waals surface area contributed by atoms with Crippen molar-refractivity contribution in [3.05, 3.63) is 59.1 Å². The third-order valence-corrected chi connectivity index (χ3v) is 4.91. The lowest BCUT2D eigenvalue weighted by molar-refractivity contribution is -0.126. The van der Waals surface area contributed by atoms with Gasteiger partial charge < -0.3 is 19.3 Å². The molecule has 5 nitrogen and oxygen atoms in total. The van der Waals surface area contributed by atoms with Crippen molar-refractivity contribution in [3.8, 4) is 11.5 Å². The number of ether oxygens (including phenoxy) is 2. The number of carbonyl (C=O) groups excluding carboxylic acids is 1. The fourth-order valence-electron chi connectivity index (χ4n) is 3.19. The van der Waals surface area contributed by atoms with Crippen LogP contribution in [0.25, 0.3) is 6.08 Å². The summed E-state index contributed by atoms with van der Waals surface area (Å²) in [5.74, 6) is 1.37. The average molecular weight is 401 g/mol. The van der Waals surface area contributed by atoms with Crippen molar-refractivity contribution >= 4 is 29.3 Å². The lowest BCUT2D eigenvalue weighted by Crippen LogP contribution is -2.48. The van der Waals surface area contributed by atoms with Gasteiger partial charge in [-0.25, -0.2) is 0 Å². The molecule has 0 atom stereocenters. The molecule has 0 bridgehead atoms. The molecule has 28 heavy (non-hydrogen) atoms. The maximum absolute atomic E-state index is 12.5. The SMILES string of the molecule is CCOc1ccc(/C=C/C(=O)N2CCN(c3cccc(Cl)c3)CC2)cc1OC. The van der Waals surface area contributed by atoms with Crippen LogP contribution in [0.2, 0.25) is 5.02 Å². The highest BCUT2D eigenvalue weighted by Gasteiger charge is 2.20. The first kappa shape index (κ1) is 20.1. The molecular formula is C22H25ClN2O3. The van der Waals surface area contributed by atoms with E-state index in [0.717, 1.165) is 29.4 Å². The van der Waals surface area contributed by atoms with Gasteiger partial charge in [-0.1, -0.05) is 23.7 Å². The second-order valence-corrected chi connectivity index (χ2v) is 6.91. The summed E-state index contributed by atoms with van der Waals surface area (Å²) in [6.07, 6.45) is 3.42. The Morgan fingerprint density at radius 1 is 1.11 bits per heavy atom. The minimum Gasteiger partial charge on any atom is -0.493 e. The van der Waals surface area contributed by atoms with E-state index in [1.165, 1.54) is 0 Å². The van der Waals surface area contributed by atoms with E-state index >= 15 is 0 Å². The molecule has 0 radical (unpaired) electrons. The zero-order valence-electron chi connectivity index (χ0n) is 16.2.